The third-order valence-electron chi connectivity index (χ3n) is 4.43. The van der Waals surface area contributed by atoms with Crippen molar-refractivity contribution in [2.75, 3.05) is 6.61 Å². The molecule has 1 aromatic carbocycles. The maximum absolute atomic E-state index is 13.1. The normalized spacial score (nSPS) is 17.0. The van der Waals surface area contributed by atoms with Gasteiger partial charge in [0.2, 0.25) is 0 Å². The van der Waals surface area contributed by atoms with Gasteiger partial charge in [-0.25, -0.2) is 8.42 Å². The van der Waals surface area contributed by atoms with E-state index in [2.05, 4.69) is 0 Å². The first kappa shape index (κ1) is 17.5. The van der Waals surface area contributed by atoms with Gasteiger partial charge in [0.25, 0.3) is 5.91 Å². The highest BCUT2D eigenvalue weighted by molar-refractivity contribution is 7.93. The van der Waals surface area contributed by atoms with Crippen LogP contribution in [0.15, 0.2) is 23.1 Å². The SMILES string of the molecule is Cc1ccc(S(=O)(=O)C2(C(=O)OCC(N)=O)CCCC2)cc1C. The molecule has 0 unspecified atom stereocenters. The number of hydrogen-bond donors (Lipinski definition) is 1. The van der Waals surface area contributed by atoms with Gasteiger partial charge in [-0.3, -0.25) is 9.59 Å². The highest BCUT2D eigenvalue weighted by atomic mass is 32.2. The monoisotopic (exact) mass is 339 g/mol. The second kappa shape index (κ2) is 6.31. The first-order valence-corrected chi connectivity index (χ1v) is 8.96. The maximum atomic E-state index is 13.1. The van der Waals surface area contributed by atoms with E-state index in [-0.39, 0.29) is 17.7 Å². The molecule has 0 bridgehead atoms. The van der Waals surface area contributed by atoms with Crippen molar-refractivity contribution in [1.82, 2.24) is 0 Å². The van der Waals surface area contributed by atoms with Gasteiger partial charge in [0.15, 0.2) is 21.2 Å². The van der Waals surface area contributed by atoms with Crippen molar-refractivity contribution in [1.29, 1.82) is 0 Å². The Morgan fingerprint density at radius 2 is 1.78 bits per heavy atom. The minimum atomic E-state index is -3.91. The number of rotatable bonds is 5. The van der Waals surface area contributed by atoms with Crippen LogP contribution in [-0.2, 0) is 24.2 Å². The molecule has 0 atom stereocenters. The molecule has 0 spiro atoms. The third-order valence-corrected chi connectivity index (χ3v) is 6.91. The van der Waals surface area contributed by atoms with Crippen LogP contribution in [0, 0.1) is 13.8 Å². The quantitative estimate of drug-likeness (QED) is 0.817. The topological polar surface area (TPSA) is 104 Å². The second-order valence-electron chi connectivity index (χ2n) is 5.99. The number of hydrogen-bond acceptors (Lipinski definition) is 5. The summed E-state index contributed by atoms with van der Waals surface area (Å²) in [6.45, 7) is 3.10. The van der Waals surface area contributed by atoms with Gasteiger partial charge in [-0.15, -0.1) is 0 Å². The molecule has 1 aliphatic carbocycles. The minimum absolute atomic E-state index is 0.110. The van der Waals surface area contributed by atoms with Crippen molar-refractivity contribution in [3.05, 3.63) is 29.3 Å². The van der Waals surface area contributed by atoms with Crippen molar-refractivity contribution in [3.63, 3.8) is 0 Å². The van der Waals surface area contributed by atoms with Crippen molar-refractivity contribution >= 4 is 21.7 Å². The van der Waals surface area contributed by atoms with Gasteiger partial charge >= 0.3 is 5.97 Å². The fourth-order valence-electron chi connectivity index (χ4n) is 2.90. The highest BCUT2D eigenvalue weighted by Gasteiger charge is 2.54. The number of primary amides is 1. The Bertz CT molecular complexity index is 733. The predicted molar refractivity (Wildman–Crippen MR) is 84.5 cm³/mol. The third kappa shape index (κ3) is 3.10. The molecule has 1 aliphatic rings. The zero-order chi connectivity index (χ0) is 17.3. The lowest BCUT2D eigenvalue weighted by Gasteiger charge is -2.26. The van der Waals surface area contributed by atoms with E-state index in [1.165, 1.54) is 6.07 Å². The van der Waals surface area contributed by atoms with Gasteiger partial charge in [-0.05, 0) is 49.9 Å². The van der Waals surface area contributed by atoms with Crippen LogP contribution in [0.4, 0.5) is 0 Å². The number of carbonyl (C=O) groups excluding carboxylic acids is 2. The molecule has 0 aliphatic heterocycles. The van der Waals surface area contributed by atoms with Crippen molar-refractivity contribution in [2.45, 2.75) is 49.2 Å². The van der Waals surface area contributed by atoms with Crippen molar-refractivity contribution in [3.8, 4) is 0 Å². The molecule has 126 valence electrons. The average molecular weight is 339 g/mol. The number of amides is 1. The lowest BCUT2D eigenvalue weighted by molar-refractivity contribution is -0.150. The zero-order valence-electron chi connectivity index (χ0n) is 13.3. The number of sulfone groups is 1. The number of nitrogens with two attached hydrogens (primary N) is 1. The van der Waals surface area contributed by atoms with E-state index in [1.54, 1.807) is 12.1 Å². The predicted octanol–water partition coefficient (Wildman–Crippen LogP) is 1.42. The second-order valence-corrected chi connectivity index (χ2v) is 8.25. The Balaban J connectivity index is 2.44. The summed E-state index contributed by atoms with van der Waals surface area (Å²) in [6.07, 6.45) is 1.63. The number of carbonyl (C=O) groups is 2. The molecule has 2 N–H and O–H groups in total. The molecule has 6 nitrogen and oxygen atoms in total. The standard InChI is InChI=1S/C16H21NO5S/c1-11-5-6-13(9-12(11)2)23(20,21)16(7-3-4-8-16)15(19)22-10-14(17)18/h5-6,9H,3-4,7-8,10H2,1-2H3,(H2,17,18). The number of benzene rings is 1. The molecule has 1 aromatic rings. The Kier molecular flexibility index (Phi) is 4.79. The zero-order valence-corrected chi connectivity index (χ0v) is 14.1. The summed E-state index contributed by atoms with van der Waals surface area (Å²) >= 11 is 0. The van der Waals surface area contributed by atoms with Crippen molar-refractivity contribution in [2.24, 2.45) is 5.73 Å². The summed E-state index contributed by atoms with van der Waals surface area (Å²) in [4.78, 5) is 23.4. The van der Waals surface area contributed by atoms with Crippen LogP contribution in [0.2, 0.25) is 0 Å². The van der Waals surface area contributed by atoms with Crippen LogP contribution in [0.3, 0.4) is 0 Å². The van der Waals surface area contributed by atoms with E-state index in [0.29, 0.717) is 12.8 Å². The summed E-state index contributed by atoms with van der Waals surface area (Å²) in [5.74, 6) is -1.69. The lowest BCUT2D eigenvalue weighted by atomic mass is 10.1. The molecule has 7 heteroatoms. The van der Waals surface area contributed by atoms with Crippen LogP contribution in [0.25, 0.3) is 0 Å². The fraction of sp³-hybridized carbons (Fsp3) is 0.500. The van der Waals surface area contributed by atoms with Crippen molar-refractivity contribution < 1.29 is 22.7 Å². The van der Waals surface area contributed by atoms with Crippen LogP contribution < -0.4 is 5.73 Å². The molecule has 0 radical (unpaired) electrons. The summed E-state index contributed by atoms with van der Waals surface area (Å²) < 4.78 is 29.4. The summed E-state index contributed by atoms with van der Waals surface area (Å²) in [5.41, 5.74) is 6.78. The van der Waals surface area contributed by atoms with Gasteiger partial charge < -0.3 is 10.5 Å². The number of esters is 1. The first-order valence-electron chi connectivity index (χ1n) is 7.48. The van der Waals surface area contributed by atoms with E-state index in [0.717, 1.165) is 11.1 Å². The van der Waals surface area contributed by atoms with Gasteiger partial charge in [0.05, 0.1) is 4.90 Å². The largest absolute Gasteiger partial charge is 0.454 e. The number of ether oxygens (including phenoxy) is 1. The van der Waals surface area contributed by atoms with E-state index < -0.39 is 33.1 Å². The Morgan fingerprint density at radius 3 is 2.30 bits per heavy atom. The van der Waals surface area contributed by atoms with E-state index in [1.807, 2.05) is 13.8 Å². The Hall–Kier alpha value is -1.89. The molecule has 2 rings (SSSR count). The van der Waals surface area contributed by atoms with Gasteiger partial charge in [-0.2, -0.15) is 0 Å². The maximum Gasteiger partial charge on any atom is 0.328 e. The van der Waals surface area contributed by atoms with E-state index in [9.17, 15) is 18.0 Å². The molecule has 23 heavy (non-hydrogen) atoms. The molecule has 1 fully saturated rings. The van der Waals surface area contributed by atoms with Crippen LogP contribution in [0.1, 0.15) is 36.8 Å². The Labute approximate surface area is 135 Å². The molecule has 0 saturated heterocycles. The molecular weight excluding hydrogens is 318 g/mol. The number of aryl methyl sites for hydroxylation is 2. The summed E-state index contributed by atoms with van der Waals surface area (Å²) in [7, 11) is -3.91. The molecule has 1 saturated carbocycles. The van der Waals surface area contributed by atoms with Crippen LogP contribution in [-0.4, -0.2) is 31.6 Å². The fourth-order valence-corrected chi connectivity index (χ4v) is 5.04. The smallest absolute Gasteiger partial charge is 0.328 e. The van der Waals surface area contributed by atoms with E-state index >= 15 is 0 Å². The molecular formula is C16H21NO5S. The first-order chi connectivity index (χ1) is 10.7. The minimum Gasteiger partial charge on any atom is -0.454 e. The van der Waals surface area contributed by atoms with Crippen LogP contribution in [0.5, 0.6) is 0 Å². The highest BCUT2D eigenvalue weighted by Crippen LogP contribution is 2.41. The average Bonchev–Trinajstić information content (AvgIpc) is 2.98. The molecule has 1 amide bonds. The van der Waals surface area contributed by atoms with E-state index in [4.69, 9.17) is 10.5 Å². The van der Waals surface area contributed by atoms with Crippen LogP contribution >= 0.6 is 0 Å². The van der Waals surface area contributed by atoms with Gasteiger partial charge in [-0.1, -0.05) is 18.9 Å². The molecule has 0 heterocycles. The van der Waals surface area contributed by atoms with Gasteiger partial charge in [0.1, 0.15) is 0 Å². The Morgan fingerprint density at radius 1 is 1.17 bits per heavy atom. The summed E-state index contributed by atoms with van der Waals surface area (Å²) in [5, 5.41) is 0. The molecule has 0 aromatic heterocycles. The lowest BCUT2D eigenvalue weighted by Crippen LogP contribution is -2.46. The van der Waals surface area contributed by atoms with Gasteiger partial charge in [0, 0.05) is 0 Å². The summed E-state index contributed by atoms with van der Waals surface area (Å²) in [6, 6.07) is 4.81.